The summed E-state index contributed by atoms with van der Waals surface area (Å²) in [6.07, 6.45) is 3.86. The van der Waals surface area contributed by atoms with Gasteiger partial charge in [0.1, 0.15) is 22.8 Å². The number of anilines is 4. The minimum absolute atomic E-state index is 0.111. The topological polar surface area (TPSA) is 197 Å². The van der Waals surface area contributed by atoms with Crippen molar-refractivity contribution in [2.75, 3.05) is 79.6 Å². The molecule has 2 unspecified atom stereocenters. The third kappa shape index (κ3) is 10.7. The molecule has 4 aromatic rings. The summed E-state index contributed by atoms with van der Waals surface area (Å²) in [6, 6.07) is 15.0. The van der Waals surface area contributed by atoms with E-state index in [0.29, 0.717) is 95.0 Å². The van der Waals surface area contributed by atoms with E-state index in [0.717, 1.165) is 58.4 Å². The van der Waals surface area contributed by atoms with Gasteiger partial charge in [-0.05, 0) is 109 Å². The molecule has 4 aliphatic rings. The molecule has 4 amide bonds. The molecule has 4 atom stereocenters. The van der Waals surface area contributed by atoms with Gasteiger partial charge < -0.3 is 55.1 Å². The van der Waals surface area contributed by atoms with Crippen molar-refractivity contribution in [1.29, 1.82) is 0 Å². The number of nitrogens with one attached hydrogen (secondary N) is 4. The fourth-order valence-corrected chi connectivity index (χ4v) is 8.62. The van der Waals surface area contributed by atoms with E-state index in [1.54, 1.807) is 0 Å². The highest BCUT2D eigenvalue weighted by Gasteiger charge is 2.42. The predicted octanol–water partition coefficient (Wildman–Crippen LogP) is 6.86. The Bertz CT molecular complexity index is 2300. The van der Waals surface area contributed by atoms with Crippen molar-refractivity contribution in [3.8, 4) is 22.8 Å². The number of aromatic nitrogens is 4. The van der Waals surface area contributed by atoms with Gasteiger partial charge in [-0.25, -0.2) is 29.5 Å². The molecule has 0 radical (unpaired) electrons. The third-order valence-corrected chi connectivity index (χ3v) is 12.1. The number of amides is 4. The van der Waals surface area contributed by atoms with Crippen LogP contribution in [0.2, 0.25) is 0 Å². The maximum atomic E-state index is 11.8. The van der Waals surface area contributed by atoms with Gasteiger partial charge in [-0.2, -0.15) is 0 Å². The lowest BCUT2D eigenvalue weighted by Crippen LogP contribution is -2.44. The largest absolute Gasteiger partial charge is 0.396 e. The Morgan fingerprint density at radius 1 is 0.738 bits per heavy atom. The Morgan fingerprint density at radius 2 is 1.18 bits per heavy atom. The second-order valence-corrected chi connectivity index (χ2v) is 17.1. The molecule has 2 fully saturated rings. The van der Waals surface area contributed by atoms with Crippen molar-refractivity contribution < 1.29 is 33.6 Å². The van der Waals surface area contributed by atoms with Crippen molar-refractivity contribution >= 4 is 35.1 Å². The zero-order valence-corrected chi connectivity index (χ0v) is 38.5. The molecule has 4 aliphatic heterocycles. The van der Waals surface area contributed by atoms with E-state index in [1.165, 1.54) is 0 Å². The molecule has 348 valence electrons. The van der Waals surface area contributed by atoms with E-state index in [4.69, 9.17) is 38.9 Å². The van der Waals surface area contributed by atoms with Crippen molar-refractivity contribution in [3.05, 3.63) is 83.7 Å². The Labute approximate surface area is 381 Å². The molecule has 5 N–H and O–H groups in total. The van der Waals surface area contributed by atoms with Crippen LogP contribution in [-0.4, -0.2) is 108 Å². The number of carbonyl (C=O) groups is 2. The monoisotopic (exact) mass is 892 g/mol. The van der Waals surface area contributed by atoms with Crippen LogP contribution >= 0.6 is 0 Å². The number of fused-ring (bicyclic) bond motifs is 2. The van der Waals surface area contributed by atoms with Crippen LogP contribution in [0.15, 0.2) is 61.2 Å². The first kappa shape index (κ1) is 47.2. The van der Waals surface area contributed by atoms with Gasteiger partial charge in [0.25, 0.3) is 0 Å². The van der Waals surface area contributed by atoms with Gasteiger partial charge in [-0.15, -0.1) is 6.58 Å². The number of aliphatic hydroxyl groups excluding tert-OH is 1. The van der Waals surface area contributed by atoms with Gasteiger partial charge in [0.15, 0.2) is 11.6 Å². The Balaban J connectivity index is 0.000000194. The molecule has 0 spiro atoms. The second kappa shape index (κ2) is 21.1. The van der Waals surface area contributed by atoms with Crippen molar-refractivity contribution in [2.24, 2.45) is 0 Å². The quantitative estimate of drug-likeness (QED) is 0.0874. The molecule has 65 heavy (non-hydrogen) atoms. The summed E-state index contributed by atoms with van der Waals surface area (Å²) >= 11 is 0. The third-order valence-electron chi connectivity index (χ3n) is 12.1. The van der Waals surface area contributed by atoms with E-state index in [1.807, 2.05) is 75.4 Å². The molecule has 17 nitrogen and oxygen atoms in total. The van der Waals surface area contributed by atoms with Gasteiger partial charge >= 0.3 is 12.1 Å². The SMILES string of the molecule is C=CCC1(C)OCc2c(N3CCOC[C@@H]3C)nc(-c3ccc(NC(=O)NCC)cc3)nc21.CCNC(=O)Nc1ccc(-c2nc(N3CCOC[C@@H]3C)c3c(n2)C(C)(CCCO)OC3)cc1. The molecule has 0 saturated carbocycles. The maximum Gasteiger partial charge on any atom is 0.319 e. The van der Waals surface area contributed by atoms with E-state index < -0.39 is 11.2 Å². The fourth-order valence-electron chi connectivity index (χ4n) is 8.62. The molecular formula is C48H64N10O7. The lowest BCUT2D eigenvalue weighted by molar-refractivity contribution is -0.0353. The van der Waals surface area contributed by atoms with Gasteiger partial charge in [-0.3, -0.25) is 0 Å². The average molecular weight is 893 g/mol. The minimum Gasteiger partial charge on any atom is -0.396 e. The highest BCUT2D eigenvalue weighted by Crippen LogP contribution is 2.45. The van der Waals surface area contributed by atoms with Gasteiger partial charge in [0.05, 0.1) is 63.1 Å². The number of rotatable bonds is 13. The van der Waals surface area contributed by atoms with Crippen LogP contribution in [0.25, 0.3) is 22.8 Å². The first-order chi connectivity index (χ1) is 31.4. The highest BCUT2D eigenvalue weighted by molar-refractivity contribution is 5.90. The number of nitrogens with zero attached hydrogens (tertiary/aromatic N) is 6. The van der Waals surface area contributed by atoms with Gasteiger partial charge in [0, 0.05) is 66.4 Å². The summed E-state index contributed by atoms with van der Waals surface area (Å²) in [5, 5.41) is 20.5. The second-order valence-electron chi connectivity index (χ2n) is 17.1. The summed E-state index contributed by atoms with van der Waals surface area (Å²) in [7, 11) is 0. The molecule has 8 rings (SSSR count). The molecule has 0 bridgehead atoms. The molecule has 17 heteroatoms. The van der Waals surface area contributed by atoms with Crippen LogP contribution < -0.4 is 31.1 Å². The van der Waals surface area contributed by atoms with Crippen LogP contribution in [0, 0.1) is 0 Å². The Hall–Kier alpha value is -5.72. The zero-order valence-electron chi connectivity index (χ0n) is 38.5. The van der Waals surface area contributed by atoms with Crippen molar-refractivity contribution in [1.82, 2.24) is 30.6 Å². The highest BCUT2D eigenvalue weighted by atomic mass is 16.5. The maximum absolute atomic E-state index is 11.8. The van der Waals surface area contributed by atoms with E-state index in [9.17, 15) is 14.7 Å². The normalized spacial score (nSPS) is 22.3. The summed E-state index contributed by atoms with van der Waals surface area (Å²) in [6.45, 7) is 22.4. The lowest BCUT2D eigenvalue weighted by Gasteiger charge is -2.35. The van der Waals surface area contributed by atoms with E-state index >= 15 is 0 Å². The predicted molar refractivity (Wildman–Crippen MR) is 251 cm³/mol. The van der Waals surface area contributed by atoms with Crippen molar-refractivity contribution in [3.63, 3.8) is 0 Å². The first-order valence-electron chi connectivity index (χ1n) is 22.7. The number of urea groups is 2. The number of carbonyl (C=O) groups excluding carboxylic acids is 2. The number of benzene rings is 2. The molecule has 2 saturated heterocycles. The van der Waals surface area contributed by atoms with Gasteiger partial charge in [0.2, 0.25) is 0 Å². The number of ether oxygens (including phenoxy) is 4. The van der Waals surface area contributed by atoms with Crippen LogP contribution in [0.5, 0.6) is 0 Å². The van der Waals surface area contributed by atoms with Crippen LogP contribution in [0.1, 0.15) is 83.3 Å². The zero-order chi connectivity index (χ0) is 46.1. The van der Waals surface area contributed by atoms with E-state index in [2.05, 4.69) is 58.4 Å². The molecule has 2 aromatic carbocycles. The molecule has 6 heterocycles. The number of hydrogen-bond donors (Lipinski definition) is 5. The number of aliphatic hydroxyl groups is 1. The average Bonchev–Trinajstić information content (AvgIpc) is 3.82. The van der Waals surface area contributed by atoms with Crippen LogP contribution in [0.3, 0.4) is 0 Å². The minimum atomic E-state index is -0.570. The Morgan fingerprint density at radius 3 is 1.60 bits per heavy atom. The smallest absolute Gasteiger partial charge is 0.319 e. The van der Waals surface area contributed by atoms with Gasteiger partial charge in [-0.1, -0.05) is 6.08 Å². The summed E-state index contributed by atoms with van der Waals surface area (Å²) < 4.78 is 23.7. The van der Waals surface area contributed by atoms with Crippen molar-refractivity contribution in [2.45, 2.75) is 97.3 Å². The summed E-state index contributed by atoms with van der Waals surface area (Å²) in [4.78, 5) is 48.1. The lowest BCUT2D eigenvalue weighted by atomic mass is 9.94. The molecular weight excluding hydrogens is 829 g/mol. The summed E-state index contributed by atoms with van der Waals surface area (Å²) in [5.41, 5.74) is 5.91. The number of morpholine rings is 2. The molecule has 2 aromatic heterocycles. The standard InChI is InChI=1S/C24H33N5O4.C24H31N5O3/c1-4-25-23(31)26-18-8-6-17(7-9-18)21-27-20-19(15-33-24(20,3)10-5-12-30)22(28-21)29-11-13-32-14-16(29)2;1-5-11-24(4)20-19(15-32-24)22(29-12-13-31-14-16(29)3)28-21(27-20)17-7-9-18(10-8-17)26-23(30)25-6-2/h6-9,16,30H,4-5,10-15H2,1-3H3,(H2,25,26,31);5,7-10,16H,1,6,11-15H2,2-4H3,(H2,25,26,30)/t2*16-,24?/m00/s1. The van der Waals surface area contributed by atoms with Crippen LogP contribution in [0.4, 0.5) is 32.6 Å². The molecule has 0 aliphatic carbocycles. The van der Waals surface area contributed by atoms with Crippen LogP contribution in [-0.2, 0) is 43.4 Å². The summed E-state index contributed by atoms with van der Waals surface area (Å²) in [5.74, 6) is 3.07. The Kier molecular flexibility index (Phi) is 15.3. The first-order valence-corrected chi connectivity index (χ1v) is 22.7. The fraction of sp³-hybridized carbons (Fsp3) is 0.500. The number of hydrogen-bond acceptors (Lipinski definition) is 13. The van der Waals surface area contributed by atoms with E-state index in [-0.39, 0.29) is 30.8 Å².